The Morgan fingerprint density at radius 3 is 2.38 bits per heavy atom. The Morgan fingerprint density at radius 1 is 1.15 bits per heavy atom. The summed E-state index contributed by atoms with van der Waals surface area (Å²) in [6.07, 6.45) is 3.46. The summed E-state index contributed by atoms with van der Waals surface area (Å²) >= 11 is 0. The van der Waals surface area contributed by atoms with Crippen LogP contribution >= 0.6 is 0 Å². The predicted octanol–water partition coefficient (Wildman–Crippen LogP) is 3.21. The molecule has 3 N–H and O–H groups in total. The summed E-state index contributed by atoms with van der Waals surface area (Å²) in [5.74, 6) is 0.374. The maximum Gasteiger partial charge on any atom is 0.315 e. The van der Waals surface area contributed by atoms with Gasteiger partial charge in [-0.1, -0.05) is 26.0 Å². The van der Waals surface area contributed by atoms with Crippen LogP contribution in [0.1, 0.15) is 45.1 Å². The molecule has 2 amide bonds. The molecule has 1 aliphatic rings. The number of aliphatic carboxylic acids is 1. The molecule has 0 saturated heterocycles. The second kappa shape index (κ2) is 10.0. The SMILES string of the molecule is CC(C)COc1ccc(CCNC(=O)NC2CCC(C(=O)O)CC2)cc1. The zero-order valence-corrected chi connectivity index (χ0v) is 15.7. The van der Waals surface area contributed by atoms with Crippen molar-refractivity contribution in [1.29, 1.82) is 0 Å². The van der Waals surface area contributed by atoms with Crippen molar-refractivity contribution in [2.75, 3.05) is 13.2 Å². The quantitative estimate of drug-likeness (QED) is 0.663. The molecule has 144 valence electrons. The molecule has 0 aromatic heterocycles. The van der Waals surface area contributed by atoms with Crippen LogP contribution < -0.4 is 15.4 Å². The van der Waals surface area contributed by atoms with Crippen LogP contribution in [-0.2, 0) is 11.2 Å². The summed E-state index contributed by atoms with van der Waals surface area (Å²) in [7, 11) is 0. The number of ether oxygens (including phenoxy) is 1. The molecule has 0 heterocycles. The van der Waals surface area contributed by atoms with Crippen LogP contribution in [0.4, 0.5) is 4.79 Å². The van der Waals surface area contributed by atoms with Crippen LogP contribution in [-0.4, -0.2) is 36.3 Å². The highest BCUT2D eigenvalue weighted by Gasteiger charge is 2.26. The molecule has 6 heteroatoms. The fourth-order valence-corrected chi connectivity index (χ4v) is 3.06. The van der Waals surface area contributed by atoms with E-state index in [0.717, 1.165) is 30.6 Å². The van der Waals surface area contributed by atoms with Gasteiger partial charge in [-0.25, -0.2) is 4.79 Å². The number of carbonyl (C=O) groups is 2. The third-order valence-electron chi connectivity index (χ3n) is 4.62. The van der Waals surface area contributed by atoms with Crippen LogP contribution in [0.3, 0.4) is 0 Å². The van der Waals surface area contributed by atoms with Gasteiger partial charge in [0.25, 0.3) is 0 Å². The Bertz CT molecular complexity index is 578. The molecule has 0 bridgehead atoms. The summed E-state index contributed by atoms with van der Waals surface area (Å²) in [6, 6.07) is 7.84. The van der Waals surface area contributed by atoms with E-state index in [1.165, 1.54) is 0 Å². The molecule has 0 radical (unpaired) electrons. The van der Waals surface area contributed by atoms with Crippen LogP contribution in [0.25, 0.3) is 0 Å². The lowest BCUT2D eigenvalue weighted by Crippen LogP contribution is -2.44. The van der Waals surface area contributed by atoms with Crippen LogP contribution in [0.15, 0.2) is 24.3 Å². The maximum atomic E-state index is 12.0. The van der Waals surface area contributed by atoms with Gasteiger partial charge in [0, 0.05) is 12.6 Å². The molecule has 1 saturated carbocycles. The number of hydrogen-bond acceptors (Lipinski definition) is 3. The van der Waals surface area contributed by atoms with Gasteiger partial charge < -0.3 is 20.5 Å². The Morgan fingerprint density at radius 2 is 1.81 bits per heavy atom. The second-order valence-electron chi connectivity index (χ2n) is 7.39. The first-order valence-corrected chi connectivity index (χ1v) is 9.43. The van der Waals surface area contributed by atoms with E-state index < -0.39 is 5.97 Å². The van der Waals surface area contributed by atoms with Gasteiger partial charge >= 0.3 is 12.0 Å². The number of nitrogens with one attached hydrogen (secondary N) is 2. The molecular formula is C20H30N2O4. The number of amides is 2. The highest BCUT2D eigenvalue weighted by molar-refractivity contribution is 5.74. The molecule has 1 fully saturated rings. The smallest absolute Gasteiger partial charge is 0.315 e. The molecule has 6 nitrogen and oxygen atoms in total. The standard InChI is InChI=1S/C20H30N2O4/c1-14(2)13-26-18-9-3-15(4-10-18)11-12-21-20(25)22-17-7-5-16(6-8-17)19(23)24/h3-4,9-10,14,16-17H,5-8,11-13H2,1-2H3,(H,23,24)(H2,21,22,25). The number of hydrogen-bond donors (Lipinski definition) is 3. The molecule has 2 rings (SSSR count). The largest absolute Gasteiger partial charge is 0.493 e. The van der Waals surface area contributed by atoms with Gasteiger partial charge in [-0.2, -0.15) is 0 Å². The highest BCUT2D eigenvalue weighted by atomic mass is 16.5. The first-order valence-electron chi connectivity index (χ1n) is 9.43. The summed E-state index contributed by atoms with van der Waals surface area (Å²) in [5, 5.41) is 14.8. The molecule has 0 unspecified atom stereocenters. The normalized spacial score (nSPS) is 19.8. The van der Waals surface area contributed by atoms with E-state index in [9.17, 15) is 9.59 Å². The van der Waals surface area contributed by atoms with Gasteiger partial charge in [0.15, 0.2) is 0 Å². The van der Waals surface area contributed by atoms with Crippen LogP contribution in [0, 0.1) is 11.8 Å². The molecule has 0 spiro atoms. The lowest BCUT2D eigenvalue weighted by atomic mass is 9.86. The Balaban J connectivity index is 1.63. The Kier molecular flexibility index (Phi) is 7.75. The van der Waals surface area contributed by atoms with Crippen molar-refractivity contribution in [3.63, 3.8) is 0 Å². The highest BCUT2D eigenvalue weighted by Crippen LogP contribution is 2.24. The van der Waals surface area contributed by atoms with Gasteiger partial charge in [0.05, 0.1) is 12.5 Å². The van der Waals surface area contributed by atoms with Crippen molar-refractivity contribution in [1.82, 2.24) is 10.6 Å². The second-order valence-corrected chi connectivity index (χ2v) is 7.39. The number of benzene rings is 1. The summed E-state index contributed by atoms with van der Waals surface area (Å²) < 4.78 is 5.66. The van der Waals surface area contributed by atoms with Crippen molar-refractivity contribution in [2.45, 2.75) is 52.0 Å². The minimum atomic E-state index is -0.728. The molecule has 1 aromatic rings. The molecule has 0 atom stereocenters. The van der Waals surface area contributed by atoms with E-state index in [0.29, 0.717) is 31.9 Å². The first kappa shape index (κ1) is 20.1. The summed E-state index contributed by atoms with van der Waals surface area (Å²) in [5.41, 5.74) is 1.14. The molecule has 1 aliphatic carbocycles. The summed E-state index contributed by atoms with van der Waals surface area (Å²) in [6.45, 7) is 5.49. The zero-order valence-electron chi connectivity index (χ0n) is 15.7. The minimum Gasteiger partial charge on any atom is -0.493 e. The van der Waals surface area contributed by atoms with Gasteiger partial charge in [0.2, 0.25) is 0 Å². The van der Waals surface area contributed by atoms with E-state index in [-0.39, 0.29) is 18.0 Å². The van der Waals surface area contributed by atoms with E-state index in [1.54, 1.807) is 0 Å². The lowest BCUT2D eigenvalue weighted by molar-refractivity contribution is -0.142. The molecule has 1 aromatic carbocycles. The van der Waals surface area contributed by atoms with Gasteiger partial charge in [-0.05, 0) is 55.7 Å². The third kappa shape index (κ3) is 6.94. The number of carboxylic acids is 1. The first-order chi connectivity index (χ1) is 12.4. The lowest BCUT2D eigenvalue weighted by Gasteiger charge is -2.26. The zero-order chi connectivity index (χ0) is 18.9. The van der Waals surface area contributed by atoms with E-state index in [4.69, 9.17) is 9.84 Å². The van der Waals surface area contributed by atoms with Crippen LogP contribution in [0.5, 0.6) is 5.75 Å². The molecule has 26 heavy (non-hydrogen) atoms. The van der Waals surface area contributed by atoms with Crippen molar-refractivity contribution in [3.8, 4) is 5.75 Å². The van der Waals surface area contributed by atoms with Gasteiger partial charge in [-0.15, -0.1) is 0 Å². The minimum absolute atomic E-state index is 0.0722. The fourth-order valence-electron chi connectivity index (χ4n) is 3.06. The number of rotatable bonds is 8. The van der Waals surface area contributed by atoms with Crippen LogP contribution in [0.2, 0.25) is 0 Å². The van der Waals surface area contributed by atoms with Gasteiger partial charge in [-0.3, -0.25) is 4.79 Å². The topological polar surface area (TPSA) is 87.7 Å². The maximum absolute atomic E-state index is 12.0. The van der Waals surface area contributed by atoms with Crippen molar-refractivity contribution in [2.24, 2.45) is 11.8 Å². The third-order valence-corrected chi connectivity index (χ3v) is 4.62. The monoisotopic (exact) mass is 362 g/mol. The Labute approximate surface area is 155 Å². The average molecular weight is 362 g/mol. The number of carbonyl (C=O) groups excluding carboxylic acids is 1. The predicted molar refractivity (Wildman–Crippen MR) is 100 cm³/mol. The van der Waals surface area contributed by atoms with Gasteiger partial charge in [0.1, 0.15) is 5.75 Å². The summed E-state index contributed by atoms with van der Waals surface area (Å²) in [4.78, 5) is 22.9. The van der Waals surface area contributed by atoms with Crippen molar-refractivity contribution >= 4 is 12.0 Å². The average Bonchev–Trinajstić information content (AvgIpc) is 2.61. The molecular weight excluding hydrogens is 332 g/mol. The van der Waals surface area contributed by atoms with Crippen molar-refractivity contribution in [3.05, 3.63) is 29.8 Å². The molecule has 0 aliphatic heterocycles. The fraction of sp³-hybridized carbons (Fsp3) is 0.600. The number of carboxylic acid groups (broad SMARTS) is 1. The Hall–Kier alpha value is -2.24. The van der Waals surface area contributed by atoms with Crippen molar-refractivity contribution < 1.29 is 19.4 Å². The van der Waals surface area contributed by atoms with E-state index in [1.807, 2.05) is 24.3 Å². The van der Waals surface area contributed by atoms with E-state index >= 15 is 0 Å². The van der Waals surface area contributed by atoms with E-state index in [2.05, 4.69) is 24.5 Å². The number of urea groups is 1.